The number of hydrogen-bond donors (Lipinski definition) is 1. The van der Waals surface area contributed by atoms with Gasteiger partial charge in [-0.15, -0.1) is 0 Å². The first-order chi connectivity index (χ1) is 13.6. The molecule has 0 aromatic carbocycles. The highest BCUT2D eigenvalue weighted by atomic mass is 16.5. The summed E-state index contributed by atoms with van der Waals surface area (Å²) in [4.78, 5) is 21.6. The molecule has 1 N–H and O–H groups in total. The fourth-order valence-corrected chi connectivity index (χ4v) is 3.85. The monoisotopic (exact) mass is 379 g/mol. The van der Waals surface area contributed by atoms with Gasteiger partial charge in [0.2, 0.25) is 0 Å². The Kier molecular flexibility index (Phi) is 3.90. The van der Waals surface area contributed by atoms with E-state index in [0.717, 1.165) is 40.8 Å². The van der Waals surface area contributed by atoms with Crippen molar-refractivity contribution in [2.75, 3.05) is 18.5 Å². The molecule has 0 aliphatic carbocycles. The Bertz CT molecular complexity index is 1230. The molecule has 5 heterocycles. The van der Waals surface area contributed by atoms with Crippen LogP contribution in [-0.4, -0.2) is 41.9 Å². The fourth-order valence-electron chi connectivity index (χ4n) is 3.85. The van der Waals surface area contributed by atoms with Gasteiger partial charge < -0.3 is 10.1 Å². The van der Waals surface area contributed by atoms with Crippen molar-refractivity contribution in [2.24, 2.45) is 7.05 Å². The third kappa shape index (κ3) is 2.66. The number of anilines is 2. The Balaban J connectivity index is 1.58. The highest BCUT2D eigenvalue weighted by Crippen LogP contribution is 2.27. The minimum absolute atomic E-state index is 0.0129. The number of aryl methyl sites for hydroxylation is 2. The normalized spacial score (nSPS) is 15.5. The van der Waals surface area contributed by atoms with Gasteiger partial charge in [-0.25, -0.2) is 19.3 Å². The number of imidazole rings is 1. The summed E-state index contributed by atoms with van der Waals surface area (Å²) in [5.74, 6) is 0.682. The van der Waals surface area contributed by atoms with Crippen molar-refractivity contribution in [1.29, 1.82) is 0 Å². The second kappa shape index (κ2) is 6.45. The molecule has 144 valence electrons. The van der Waals surface area contributed by atoms with E-state index in [1.54, 1.807) is 22.3 Å². The topological polar surface area (TPSA) is 91.3 Å². The van der Waals surface area contributed by atoms with Crippen LogP contribution in [0.4, 0.5) is 11.5 Å². The molecule has 0 bridgehead atoms. The average Bonchev–Trinajstić information content (AvgIpc) is 3.25. The van der Waals surface area contributed by atoms with Crippen molar-refractivity contribution in [1.82, 2.24) is 28.7 Å². The molecule has 1 aliphatic rings. The van der Waals surface area contributed by atoms with Crippen LogP contribution >= 0.6 is 0 Å². The second-order valence-electron chi connectivity index (χ2n) is 7.17. The van der Waals surface area contributed by atoms with Crippen LogP contribution in [-0.2, 0) is 11.8 Å². The van der Waals surface area contributed by atoms with Crippen LogP contribution in [0.5, 0.6) is 0 Å². The number of fused-ring (bicyclic) bond motifs is 2. The minimum Gasteiger partial charge on any atom is -0.381 e. The molecule has 4 aromatic heterocycles. The summed E-state index contributed by atoms with van der Waals surface area (Å²) >= 11 is 0. The molecule has 1 aliphatic heterocycles. The summed E-state index contributed by atoms with van der Waals surface area (Å²) in [6, 6.07) is 4.05. The van der Waals surface area contributed by atoms with Gasteiger partial charge >= 0.3 is 5.69 Å². The first-order valence-corrected chi connectivity index (χ1v) is 9.33. The molecule has 5 rings (SSSR count). The van der Waals surface area contributed by atoms with Gasteiger partial charge in [0.25, 0.3) is 0 Å². The number of aromatic nitrogens is 6. The van der Waals surface area contributed by atoms with Gasteiger partial charge in [0.05, 0.1) is 29.1 Å². The van der Waals surface area contributed by atoms with Crippen molar-refractivity contribution in [3.8, 4) is 0 Å². The standard InChI is InChI=1S/C19H21N7O2/c1-12-7-18-21-11-22-25(18)10-14(12)23-17-8-15-16(9-20-17)24(2)19(27)26(15)13-3-5-28-6-4-13/h7-11,13H,3-6H2,1-2H3,(H,20,23). The zero-order chi connectivity index (χ0) is 19.3. The van der Waals surface area contributed by atoms with E-state index >= 15 is 0 Å². The molecule has 0 amide bonds. The third-order valence-corrected chi connectivity index (χ3v) is 5.42. The lowest BCUT2D eigenvalue weighted by molar-refractivity contribution is 0.0696. The summed E-state index contributed by atoms with van der Waals surface area (Å²) in [5.41, 5.74) is 4.42. The molecule has 0 saturated carbocycles. The average molecular weight is 379 g/mol. The zero-order valence-corrected chi connectivity index (χ0v) is 15.8. The second-order valence-corrected chi connectivity index (χ2v) is 7.17. The lowest BCUT2D eigenvalue weighted by atomic mass is 10.1. The van der Waals surface area contributed by atoms with Crippen molar-refractivity contribution in [3.63, 3.8) is 0 Å². The molecular weight excluding hydrogens is 358 g/mol. The Labute approximate surface area is 160 Å². The summed E-state index contributed by atoms with van der Waals surface area (Å²) in [7, 11) is 1.79. The number of hydrogen-bond acceptors (Lipinski definition) is 6. The van der Waals surface area contributed by atoms with Gasteiger partial charge in [0.1, 0.15) is 12.1 Å². The quantitative estimate of drug-likeness (QED) is 0.587. The van der Waals surface area contributed by atoms with Crippen LogP contribution in [0.1, 0.15) is 24.4 Å². The van der Waals surface area contributed by atoms with E-state index in [2.05, 4.69) is 20.4 Å². The summed E-state index contributed by atoms with van der Waals surface area (Å²) in [5, 5.41) is 7.54. The molecule has 9 nitrogen and oxygen atoms in total. The highest BCUT2D eigenvalue weighted by molar-refractivity contribution is 5.79. The number of pyridine rings is 2. The van der Waals surface area contributed by atoms with Crippen molar-refractivity contribution in [2.45, 2.75) is 25.8 Å². The summed E-state index contributed by atoms with van der Waals surface area (Å²) in [6.07, 6.45) is 6.84. The molecule has 28 heavy (non-hydrogen) atoms. The first kappa shape index (κ1) is 16.9. The Morgan fingerprint density at radius 3 is 2.82 bits per heavy atom. The van der Waals surface area contributed by atoms with Gasteiger partial charge in [-0.3, -0.25) is 9.13 Å². The summed E-state index contributed by atoms with van der Waals surface area (Å²) in [6.45, 7) is 3.37. The maximum absolute atomic E-state index is 12.8. The van der Waals surface area contributed by atoms with Crippen LogP contribution < -0.4 is 11.0 Å². The molecule has 1 fully saturated rings. The van der Waals surface area contributed by atoms with Crippen LogP contribution in [0, 0.1) is 6.92 Å². The minimum atomic E-state index is -0.0129. The van der Waals surface area contributed by atoms with E-state index in [0.29, 0.717) is 19.0 Å². The molecule has 9 heteroatoms. The summed E-state index contributed by atoms with van der Waals surface area (Å²) < 4.78 is 10.7. The number of nitrogens with zero attached hydrogens (tertiary/aromatic N) is 6. The Morgan fingerprint density at radius 2 is 2.00 bits per heavy atom. The zero-order valence-electron chi connectivity index (χ0n) is 15.8. The number of nitrogens with one attached hydrogen (secondary N) is 1. The molecule has 1 saturated heterocycles. The number of ether oxygens (including phenoxy) is 1. The van der Waals surface area contributed by atoms with Crippen LogP contribution in [0.2, 0.25) is 0 Å². The molecule has 4 aromatic rings. The maximum atomic E-state index is 12.8. The predicted octanol–water partition coefficient (Wildman–Crippen LogP) is 2.18. The van der Waals surface area contributed by atoms with E-state index in [9.17, 15) is 4.79 Å². The van der Waals surface area contributed by atoms with E-state index in [-0.39, 0.29) is 11.7 Å². The van der Waals surface area contributed by atoms with Gasteiger partial charge in [-0.05, 0) is 31.4 Å². The SMILES string of the molecule is Cc1cc2ncnn2cc1Nc1cc2c(cn1)n(C)c(=O)n2C1CCOCC1. The van der Waals surface area contributed by atoms with Crippen LogP contribution in [0.15, 0.2) is 35.6 Å². The molecule has 0 atom stereocenters. The number of rotatable bonds is 3. The molecule has 0 unspecified atom stereocenters. The van der Waals surface area contributed by atoms with Gasteiger partial charge in [0, 0.05) is 32.4 Å². The molecule has 0 spiro atoms. The first-order valence-electron chi connectivity index (χ1n) is 9.33. The third-order valence-electron chi connectivity index (χ3n) is 5.42. The van der Waals surface area contributed by atoms with Crippen molar-refractivity contribution >= 4 is 28.2 Å². The van der Waals surface area contributed by atoms with Gasteiger partial charge in [-0.2, -0.15) is 5.10 Å². The highest BCUT2D eigenvalue weighted by Gasteiger charge is 2.22. The fraction of sp³-hybridized carbons (Fsp3) is 0.368. The smallest absolute Gasteiger partial charge is 0.329 e. The van der Waals surface area contributed by atoms with Crippen molar-refractivity contribution in [3.05, 3.63) is 46.9 Å². The Hall–Kier alpha value is -3.20. The Morgan fingerprint density at radius 1 is 1.18 bits per heavy atom. The van der Waals surface area contributed by atoms with Crippen LogP contribution in [0.25, 0.3) is 16.7 Å². The van der Waals surface area contributed by atoms with Gasteiger partial charge in [0.15, 0.2) is 5.65 Å². The van der Waals surface area contributed by atoms with E-state index in [4.69, 9.17) is 4.74 Å². The van der Waals surface area contributed by atoms with E-state index in [1.165, 1.54) is 6.33 Å². The predicted molar refractivity (Wildman–Crippen MR) is 105 cm³/mol. The van der Waals surface area contributed by atoms with E-state index < -0.39 is 0 Å². The largest absolute Gasteiger partial charge is 0.381 e. The lowest BCUT2D eigenvalue weighted by Gasteiger charge is -2.23. The van der Waals surface area contributed by atoms with Gasteiger partial charge in [-0.1, -0.05) is 0 Å². The maximum Gasteiger partial charge on any atom is 0.329 e. The van der Waals surface area contributed by atoms with Crippen LogP contribution in [0.3, 0.4) is 0 Å². The van der Waals surface area contributed by atoms with E-state index in [1.807, 2.05) is 29.8 Å². The lowest BCUT2D eigenvalue weighted by Crippen LogP contribution is -2.29. The molecular formula is C19H21N7O2. The van der Waals surface area contributed by atoms with Crippen molar-refractivity contribution < 1.29 is 4.74 Å². The molecule has 0 radical (unpaired) electrons.